The first-order valence-corrected chi connectivity index (χ1v) is 9.34. The molecule has 2 N–H and O–H groups in total. The zero-order valence-corrected chi connectivity index (χ0v) is 16.1. The van der Waals surface area contributed by atoms with Crippen LogP contribution < -0.4 is 10.2 Å². The molecule has 0 bridgehead atoms. The predicted octanol–water partition coefficient (Wildman–Crippen LogP) is 4.59. The number of benzene rings is 3. The summed E-state index contributed by atoms with van der Waals surface area (Å²) in [6.07, 6.45) is 2.52. The van der Waals surface area contributed by atoms with Gasteiger partial charge in [0.05, 0.1) is 6.21 Å². The van der Waals surface area contributed by atoms with Gasteiger partial charge in [-0.1, -0.05) is 56.3 Å². The second-order valence-electron chi connectivity index (χ2n) is 6.68. The third-order valence-corrected chi connectivity index (χ3v) is 4.76. The van der Waals surface area contributed by atoms with Gasteiger partial charge in [-0.05, 0) is 46.9 Å². The van der Waals surface area contributed by atoms with E-state index in [2.05, 4.69) is 24.4 Å². The summed E-state index contributed by atoms with van der Waals surface area (Å²) in [4.78, 5) is 12.0. The Labute approximate surface area is 164 Å². The number of carbonyl (C=O) groups excluding carboxylic acids is 1. The van der Waals surface area contributed by atoms with Crippen molar-refractivity contribution in [1.29, 1.82) is 0 Å². The zero-order chi connectivity index (χ0) is 19.9. The summed E-state index contributed by atoms with van der Waals surface area (Å²) in [6.45, 7) is 4.19. The van der Waals surface area contributed by atoms with Gasteiger partial charge in [-0.15, -0.1) is 0 Å². The van der Waals surface area contributed by atoms with Gasteiger partial charge in [0.2, 0.25) is 0 Å². The van der Waals surface area contributed by atoms with Gasteiger partial charge in [0.25, 0.3) is 5.91 Å². The van der Waals surface area contributed by atoms with Crippen LogP contribution >= 0.6 is 0 Å². The van der Waals surface area contributed by atoms with Gasteiger partial charge in [0.1, 0.15) is 11.5 Å². The lowest BCUT2D eigenvalue weighted by molar-refractivity contribution is -0.123. The van der Waals surface area contributed by atoms with Crippen molar-refractivity contribution in [2.45, 2.75) is 26.2 Å². The molecule has 0 aromatic heterocycles. The molecule has 3 rings (SSSR count). The summed E-state index contributed by atoms with van der Waals surface area (Å²) in [5.41, 5.74) is 4.23. The first-order valence-electron chi connectivity index (χ1n) is 9.34. The normalized spacial score (nSPS) is 12.2. The molecule has 0 radical (unpaired) electrons. The van der Waals surface area contributed by atoms with Crippen molar-refractivity contribution in [1.82, 2.24) is 5.43 Å². The Morgan fingerprint density at radius 1 is 1.14 bits per heavy atom. The zero-order valence-electron chi connectivity index (χ0n) is 16.1. The van der Waals surface area contributed by atoms with Crippen LogP contribution in [0.15, 0.2) is 65.8 Å². The van der Waals surface area contributed by atoms with Gasteiger partial charge in [-0.3, -0.25) is 4.79 Å². The molecule has 28 heavy (non-hydrogen) atoms. The summed E-state index contributed by atoms with van der Waals surface area (Å²) >= 11 is 0. The Morgan fingerprint density at radius 2 is 1.89 bits per heavy atom. The van der Waals surface area contributed by atoms with Crippen molar-refractivity contribution in [3.63, 3.8) is 0 Å². The smallest absolute Gasteiger partial charge is 0.277 e. The molecule has 3 aromatic rings. The number of carbonyl (C=O) groups is 1. The first-order chi connectivity index (χ1) is 13.6. The number of nitrogens with zero attached hydrogens (tertiary/aromatic N) is 1. The molecule has 1 amide bonds. The fourth-order valence-corrected chi connectivity index (χ4v) is 2.90. The minimum absolute atomic E-state index is 0.106. The minimum Gasteiger partial charge on any atom is -0.507 e. The van der Waals surface area contributed by atoms with Gasteiger partial charge >= 0.3 is 0 Å². The van der Waals surface area contributed by atoms with Crippen LogP contribution in [0.2, 0.25) is 0 Å². The number of nitrogens with one attached hydrogen (secondary N) is 1. The second kappa shape index (κ2) is 9.04. The van der Waals surface area contributed by atoms with Gasteiger partial charge < -0.3 is 9.84 Å². The maximum absolute atomic E-state index is 12.0. The van der Waals surface area contributed by atoms with Crippen molar-refractivity contribution in [3.8, 4) is 11.5 Å². The molecule has 3 aromatic carbocycles. The van der Waals surface area contributed by atoms with Gasteiger partial charge in [0.15, 0.2) is 6.61 Å². The Kier molecular flexibility index (Phi) is 6.27. The average molecular weight is 376 g/mol. The third-order valence-electron chi connectivity index (χ3n) is 4.76. The van der Waals surface area contributed by atoms with Crippen LogP contribution in [0.1, 0.15) is 37.3 Å². The highest BCUT2D eigenvalue weighted by Crippen LogP contribution is 2.25. The summed E-state index contributed by atoms with van der Waals surface area (Å²) in [5, 5.41) is 15.9. The van der Waals surface area contributed by atoms with Gasteiger partial charge in [0, 0.05) is 5.56 Å². The molecular weight excluding hydrogens is 352 g/mol. The molecule has 1 atom stereocenters. The van der Waals surface area contributed by atoms with Crippen molar-refractivity contribution in [2.75, 3.05) is 6.61 Å². The molecule has 0 saturated carbocycles. The van der Waals surface area contributed by atoms with Crippen molar-refractivity contribution < 1.29 is 14.6 Å². The quantitative estimate of drug-likeness (QED) is 0.468. The van der Waals surface area contributed by atoms with Crippen LogP contribution in [0.5, 0.6) is 11.5 Å². The molecule has 5 heteroatoms. The van der Waals surface area contributed by atoms with Crippen LogP contribution in [0, 0.1) is 0 Å². The number of rotatable bonds is 7. The summed E-state index contributed by atoms with van der Waals surface area (Å²) in [6, 6.07) is 18.9. The molecule has 0 aliphatic carbocycles. The fourth-order valence-electron chi connectivity index (χ4n) is 2.90. The molecule has 0 saturated heterocycles. The van der Waals surface area contributed by atoms with E-state index >= 15 is 0 Å². The summed E-state index contributed by atoms with van der Waals surface area (Å²) < 4.78 is 5.50. The van der Waals surface area contributed by atoms with Crippen LogP contribution in [-0.2, 0) is 4.79 Å². The van der Waals surface area contributed by atoms with E-state index in [0.29, 0.717) is 17.2 Å². The van der Waals surface area contributed by atoms with Crippen molar-refractivity contribution >= 4 is 22.9 Å². The highest BCUT2D eigenvalue weighted by molar-refractivity contribution is 6.02. The lowest BCUT2D eigenvalue weighted by Crippen LogP contribution is -2.24. The number of phenols is 1. The number of phenolic OH excluding ortho intramolecular Hbond substituents is 1. The lowest BCUT2D eigenvalue weighted by atomic mass is 9.99. The Hall–Kier alpha value is -3.34. The van der Waals surface area contributed by atoms with E-state index in [0.717, 1.165) is 17.2 Å². The molecule has 0 aliphatic heterocycles. The first kappa shape index (κ1) is 19.4. The van der Waals surface area contributed by atoms with E-state index < -0.39 is 0 Å². The second-order valence-corrected chi connectivity index (χ2v) is 6.68. The SMILES string of the molecule is CC[C@@H](C)c1ccc(OCC(=O)N/N=C\c2c(O)ccc3ccccc23)cc1. The molecule has 0 unspecified atom stereocenters. The predicted molar refractivity (Wildman–Crippen MR) is 112 cm³/mol. The largest absolute Gasteiger partial charge is 0.507 e. The summed E-state index contributed by atoms with van der Waals surface area (Å²) in [5.74, 6) is 0.867. The highest BCUT2D eigenvalue weighted by atomic mass is 16.5. The highest BCUT2D eigenvalue weighted by Gasteiger charge is 2.06. The number of aromatic hydroxyl groups is 1. The fraction of sp³-hybridized carbons (Fsp3) is 0.217. The van der Waals surface area contributed by atoms with Crippen LogP contribution in [0.4, 0.5) is 0 Å². The number of fused-ring (bicyclic) bond motifs is 1. The molecule has 0 spiro atoms. The van der Waals surface area contributed by atoms with Gasteiger partial charge in [-0.2, -0.15) is 5.10 Å². The molecule has 0 aliphatic rings. The lowest BCUT2D eigenvalue weighted by Gasteiger charge is -2.10. The monoisotopic (exact) mass is 376 g/mol. The van der Waals surface area contributed by atoms with E-state index in [1.165, 1.54) is 11.8 Å². The van der Waals surface area contributed by atoms with Gasteiger partial charge in [-0.25, -0.2) is 5.43 Å². The molecule has 5 nitrogen and oxygen atoms in total. The standard InChI is InChI=1S/C23H24N2O3/c1-3-16(2)17-8-11-19(12-9-17)28-15-23(27)25-24-14-21-20-7-5-4-6-18(20)10-13-22(21)26/h4-14,16,26H,3,15H2,1-2H3,(H,25,27)/b24-14-/t16-/m1/s1. The van der Waals surface area contributed by atoms with E-state index in [1.54, 1.807) is 6.07 Å². The molecule has 0 fully saturated rings. The maximum Gasteiger partial charge on any atom is 0.277 e. The molecule has 144 valence electrons. The molecular formula is C23H24N2O3. The van der Waals surface area contributed by atoms with E-state index in [4.69, 9.17) is 4.74 Å². The third kappa shape index (κ3) is 4.68. The Morgan fingerprint density at radius 3 is 2.64 bits per heavy atom. The number of hydrazone groups is 1. The average Bonchev–Trinajstić information content (AvgIpc) is 2.73. The maximum atomic E-state index is 12.0. The Balaban J connectivity index is 1.57. The van der Waals surface area contributed by atoms with Crippen molar-refractivity contribution in [3.05, 3.63) is 71.8 Å². The van der Waals surface area contributed by atoms with Crippen LogP contribution in [-0.4, -0.2) is 23.8 Å². The van der Waals surface area contributed by atoms with E-state index in [-0.39, 0.29) is 18.3 Å². The van der Waals surface area contributed by atoms with Crippen molar-refractivity contribution in [2.24, 2.45) is 5.10 Å². The topological polar surface area (TPSA) is 70.9 Å². The van der Waals surface area contributed by atoms with E-state index in [9.17, 15) is 9.90 Å². The van der Waals surface area contributed by atoms with Crippen LogP contribution in [0.3, 0.4) is 0 Å². The minimum atomic E-state index is -0.373. The van der Waals surface area contributed by atoms with Crippen LogP contribution in [0.25, 0.3) is 10.8 Å². The Bertz CT molecular complexity index is 981. The number of hydrogen-bond acceptors (Lipinski definition) is 4. The number of hydrogen-bond donors (Lipinski definition) is 2. The molecule has 0 heterocycles. The summed E-state index contributed by atoms with van der Waals surface area (Å²) in [7, 11) is 0. The number of ether oxygens (including phenoxy) is 1. The number of amides is 1. The van der Waals surface area contributed by atoms with E-state index in [1.807, 2.05) is 54.6 Å².